The molecule has 0 saturated carbocycles. The minimum Gasteiger partial charge on any atom is -0.462 e. The number of aromatic nitrogens is 1. The monoisotopic (exact) mass is 433 g/mol. The maximum Gasteiger partial charge on any atom is 0.341 e. The van der Waals surface area contributed by atoms with Crippen molar-refractivity contribution in [3.63, 3.8) is 0 Å². The van der Waals surface area contributed by atoms with E-state index >= 15 is 0 Å². The molecule has 0 fully saturated rings. The van der Waals surface area contributed by atoms with E-state index in [-0.39, 0.29) is 18.0 Å². The Kier molecular flexibility index (Phi) is 6.35. The van der Waals surface area contributed by atoms with Crippen molar-refractivity contribution in [3.05, 3.63) is 54.3 Å². The van der Waals surface area contributed by atoms with Gasteiger partial charge in [0.2, 0.25) is 5.91 Å². The zero-order chi connectivity index (χ0) is 22.0. The quantitative estimate of drug-likeness (QED) is 0.425. The molecule has 2 aromatic heterocycles. The van der Waals surface area contributed by atoms with Gasteiger partial charge >= 0.3 is 5.97 Å². The van der Waals surface area contributed by atoms with Gasteiger partial charge in [0.15, 0.2) is 0 Å². The normalized spacial score (nSPS) is 15.4. The van der Waals surface area contributed by atoms with Gasteiger partial charge in [0, 0.05) is 17.0 Å². The Balaban J connectivity index is 1.91. The molecule has 1 aliphatic carbocycles. The van der Waals surface area contributed by atoms with Crippen molar-refractivity contribution in [1.82, 2.24) is 4.57 Å². The molecule has 3 rings (SSSR count). The van der Waals surface area contributed by atoms with Gasteiger partial charge in [-0.1, -0.05) is 6.92 Å². The van der Waals surface area contributed by atoms with E-state index < -0.39 is 28.9 Å². The maximum absolute atomic E-state index is 12.7. The topological polar surface area (TPSA) is 121 Å². The number of hydrogen-bond acceptors (Lipinski definition) is 7. The van der Waals surface area contributed by atoms with Crippen molar-refractivity contribution in [2.75, 3.05) is 11.9 Å². The predicted octanol–water partition coefficient (Wildman–Crippen LogP) is 3.07. The number of amides is 1. The first-order valence-electron chi connectivity index (χ1n) is 9.69. The molecule has 0 bridgehead atoms. The van der Waals surface area contributed by atoms with Crippen LogP contribution in [0.15, 0.2) is 16.9 Å². The lowest BCUT2D eigenvalue weighted by Crippen LogP contribution is -2.29. The molecule has 1 amide bonds. The van der Waals surface area contributed by atoms with Crippen molar-refractivity contribution in [3.8, 4) is 0 Å². The van der Waals surface area contributed by atoms with E-state index in [9.17, 15) is 24.5 Å². The van der Waals surface area contributed by atoms with E-state index in [4.69, 9.17) is 4.74 Å². The lowest BCUT2D eigenvalue weighted by Gasteiger charge is -2.18. The lowest BCUT2D eigenvalue weighted by atomic mass is 9.88. The molecule has 0 spiro atoms. The van der Waals surface area contributed by atoms with Gasteiger partial charge in [0.05, 0.1) is 22.8 Å². The Morgan fingerprint density at radius 3 is 2.80 bits per heavy atom. The molecule has 0 saturated heterocycles. The van der Waals surface area contributed by atoms with Crippen LogP contribution in [0.5, 0.6) is 0 Å². The van der Waals surface area contributed by atoms with E-state index in [0.717, 1.165) is 46.4 Å². The summed E-state index contributed by atoms with van der Waals surface area (Å²) in [4.78, 5) is 49.0. The van der Waals surface area contributed by atoms with Gasteiger partial charge in [-0.2, -0.15) is 0 Å². The third-order valence-corrected chi connectivity index (χ3v) is 6.34. The van der Waals surface area contributed by atoms with Crippen molar-refractivity contribution in [1.29, 1.82) is 0 Å². The first-order chi connectivity index (χ1) is 14.2. The highest BCUT2D eigenvalue weighted by molar-refractivity contribution is 7.17. The summed E-state index contributed by atoms with van der Waals surface area (Å²) in [6.45, 7) is 5.10. The number of carbonyl (C=O) groups is 2. The molecule has 0 aromatic carbocycles. The molecule has 1 unspecified atom stereocenters. The largest absolute Gasteiger partial charge is 0.462 e. The number of nitrogens with zero attached hydrogens (tertiary/aromatic N) is 2. The number of nitro groups is 1. The second-order valence-corrected chi connectivity index (χ2v) is 8.42. The van der Waals surface area contributed by atoms with Crippen LogP contribution in [0, 0.1) is 23.0 Å². The van der Waals surface area contributed by atoms with E-state index in [1.54, 1.807) is 6.92 Å². The van der Waals surface area contributed by atoms with Crippen molar-refractivity contribution < 1.29 is 19.2 Å². The van der Waals surface area contributed by atoms with Crippen LogP contribution in [-0.4, -0.2) is 28.0 Å². The summed E-state index contributed by atoms with van der Waals surface area (Å²) in [7, 11) is 0. The van der Waals surface area contributed by atoms with E-state index in [1.807, 2.05) is 0 Å². The minimum absolute atomic E-state index is 0.0903. The predicted molar refractivity (Wildman–Crippen MR) is 112 cm³/mol. The van der Waals surface area contributed by atoms with Gasteiger partial charge in [-0.3, -0.25) is 24.3 Å². The summed E-state index contributed by atoms with van der Waals surface area (Å²) in [6.07, 6.45) is 2.51. The third kappa shape index (κ3) is 4.28. The van der Waals surface area contributed by atoms with Gasteiger partial charge in [0.25, 0.3) is 11.2 Å². The third-order valence-electron chi connectivity index (χ3n) is 5.17. The molecule has 0 radical (unpaired) electrons. The molecule has 9 nitrogen and oxygen atoms in total. The van der Waals surface area contributed by atoms with Crippen LogP contribution in [0.1, 0.15) is 46.8 Å². The fourth-order valence-corrected chi connectivity index (χ4v) is 5.04. The number of ether oxygens (including phenoxy) is 1. The number of rotatable bonds is 6. The average Bonchev–Trinajstić information content (AvgIpc) is 3.01. The van der Waals surface area contributed by atoms with Crippen LogP contribution in [0.2, 0.25) is 0 Å². The summed E-state index contributed by atoms with van der Waals surface area (Å²) in [6, 6.07) is 2.19. The molecule has 1 atom stereocenters. The van der Waals surface area contributed by atoms with Gasteiger partial charge in [-0.15, -0.1) is 11.3 Å². The number of fused-ring (bicyclic) bond motifs is 1. The second kappa shape index (κ2) is 8.78. The first kappa shape index (κ1) is 21.7. The number of hydrogen-bond donors (Lipinski definition) is 1. The number of thiophene rings is 1. The highest BCUT2D eigenvalue weighted by Gasteiger charge is 2.29. The maximum atomic E-state index is 12.7. The fourth-order valence-electron chi connectivity index (χ4n) is 3.62. The summed E-state index contributed by atoms with van der Waals surface area (Å²) < 4.78 is 6.23. The molecule has 2 heterocycles. The fraction of sp³-hybridized carbons (Fsp3) is 0.450. The molecule has 1 N–H and O–H groups in total. The molecule has 1 aliphatic rings. The second-order valence-electron chi connectivity index (χ2n) is 7.31. The van der Waals surface area contributed by atoms with E-state index in [0.29, 0.717) is 16.5 Å². The molecular formula is C20H23N3O6S. The van der Waals surface area contributed by atoms with Crippen LogP contribution >= 0.6 is 11.3 Å². The number of carbonyl (C=O) groups excluding carboxylic acids is 2. The van der Waals surface area contributed by atoms with Gasteiger partial charge < -0.3 is 10.1 Å². The first-order valence-corrected chi connectivity index (χ1v) is 10.5. The average molecular weight is 433 g/mol. The van der Waals surface area contributed by atoms with Gasteiger partial charge in [0.1, 0.15) is 11.5 Å². The van der Waals surface area contributed by atoms with Crippen molar-refractivity contribution in [2.24, 2.45) is 5.92 Å². The molecule has 0 aliphatic heterocycles. The highest BCUT2D eigenvalue weighted by atomic mass is 32.1. The Morgan fingerprint density at radius 2 is 2.13 bits per heavy atom. The molecule has 2 aromatic rings. The van der Waals surface area contributed by atoms with Gasteiger partial charge in [-0.05, 0) is 44.6 Å². The number of esters is 1. The highest BCUT2D eigenvalue weighted by Crippen LogP contribution is 2.40. The Morgan fingerprint density at radius 1 is 1.40 bits per heavy atom. The van der Waals surface area contributed by atoms with Crippen LogP contribution in [0.25, 0.3) is 0 Å². The van der Waals surface area contributed by atoms with Crippen molar-refractivity contribution in [2.45, 2.75) is 46.6 Å². The lowest BCUT2D eigenvalue weighted by molar-refractivity contribution is -0.386. The van der Waals surface area contributed by atoms with Crippen LogP contribution in [-0.2, 0) is 28.9 Å². The summed E-state index contributed by atoms with van der Waals surface area (Å²) in [5.74, 6) is -0.540. The smallest absolute Gasteiger partial charge is 0.341 e. The van der Waals surface area contributed by atoms with E-state index in [2.05, 4.69) is 12.2 Å². The Labute approximate surface area is 176 Å². The molecular weight excluding hydrogens is 410 g/mol. The molecule has 160 valence electrons. The number of nitrogens with one attached hydrogen (secondary N) is 1. The Hall–Kier alpha value is -3.01. The molecule has 30 heavy (non-hydrogen) atoms. The SMILES string of the molecule is CCOC(=O)c1c(NC(=O)Cn2c(C)c([N+](=O)[O-])ccc2=O)sc2c1CCC(C)C2. The zero-order valence-electron chi connectivity index (χ0n) is 17.0. The summed E-state index contributed by atoms with van der Waals surface area (Å²) in [5.41, 5.74) is 0.622. The Bertz CT molecular complexity index is 1070. The zero-order valence-corrected chi connectivity index (χ0v) is 17.8. The standard InChI is InChI=1S/C20H23N3O6S/c1-4-29-20(26)18-13-6-5-11(2)9-15(13)30-19(18)21-16(24)10-22-12(3)14(23(27)28)7-8-17(22)25/h7-8,11H,4-6,9-10H2,1-3H3,(H,21,24). The van der Waals surface area contributed by atoms with Crippen LogP contribution in [0.4, 0.5) is 10.7 Å². The van der Waals surface area contributed by atoms with Crippen molar-refractivity contribution >= 4 is 33.9 Å². The molecule has 10 heteroatoms. The number of pyridine rings is 1. The van der Waals surface area contributed by atoms with Crippen LogP contribution in [0.3, 0.4) is 0 Å². The summed E-state index contributed by atoms with van der Waals surface area (Å²) >= 11 is 1.35. The minimum atomic E-state index is -0.601. The summed E-state index contributed by atoms with van der Waals surface area (Å²) in [5, 5.41) is 14.2. The van der Waals surface area contributed by atoms with Crippen LogP contribution < -0.4 is 10.9 Å². The van der Waals surface area contributed by atoms with E-state index in [1.165, 1.54) is 18.3 Å². The van der Waals surface area contributed by atoms with Gasteiger partial charge in [-0.25, -0.2) is 4.79 Å². The number of anilines is 1.